The van der Waals surface area contributed by atoms with Gasteiger partial charge in [-0.05, 0) is 50.0 Å². The number of aliphatic hydroxyl groups excluding tert-OH is 1. The predicted octanol–water partition coefficient (Wildman–Crippen LogP) is 4.46. The molecule has 0 radical (unpaired) electrons. The number of hydrogen-bond acceptors (Lipinski definition) is 7. The molecule has 3 aromatic rings. The van der Waals surface area contributed by atoms with Gasteiger partial charge in [0.25, 0.3) is 0 Å². The van der Waals surface area contributed by atoms with Crippen LogP contribution in [-0.4, -0.2) is 37.0 Å². The smallest absolute Gasteiger partial charge is 0.229 e. The quantitative estimate of drug-likeness (QED) is 0.588. The van der Waals surface area contributed by atoms with E-state index in [0.717, 1.165) is 47.4 Å². The van der Waals surface area contributed by atoms with Crippen LogP contribution in [0.2, 0.25) is 0 Å². The second-order valence-electron chi connectivity index (χ2n) is 7.95. The summed E-state index contributed by atoms with van der Waals surface area (Å²) in [4.78, 5) is 9.44. The van der Waals surface area contributed by atoms with Crippen molar-refractivity contribution in [2.45, 2.75) is 69.6 Å². The summed E-state index contributed by atoms with van der Waals surface area (Å²) in [5.41, 5.74) is 1.87. The molecule has 3 N–H and O–H groups in total. The molecule has 0 aromatic carbocycles. The van der Waals surface area contributed by atoms with E-state index >= 15 is 0 Å². The van der Waals surface area contributed by atoms with Crippen LogP contribution in [0.5, 0.6) is 0 Å². The van der Waals surface area contributed by atoms with Crippen LogP contribution in [0.25, 0.3) is 10.2 Å². The summed E-state index contributed by atoms with van der Waals surface area (Å²) >= 11 is 1.66. The SMILES string of the molecule is O[C@H]1CC[C@H](Nc2nc(Nc3cnn(C4CCCC4)c3)nc3ccsc23)CC1. The molecule has 3 aromatic heterocycles. The molecule has 2 saturated carbocycles. The average Bonchev–Trinajstić information content (AvgIpc) is 3.44. The first-order valence-corrected chi connectivity index (χ1v) is 11.1. The van der Waals surface area contributed by atoms with E-state index in [-0.39, 0.29) is 6.10 Å². The maximum atomic E-state index is 9.75. The van der Waals surface area contributed by atoms with Crippen LogP contribution >= 0.6 is 11.3 Å². The van der Waals surface area contributed by atoms with Crippen LogP contribution in [0.3, 0.4) is 0 Å². The van der Waals surface area contributed by atoms with Crippen LogP contribution in [-0.2, 0) is 0 Å². The summed E-state index contributed by atoms with van der Waals surface area (Å²) in [6.45, 7) is 0. The van der Waals surface area contributed by atoms with Gasteiger partial charge in [-0.1, -0.05) is 12.8 Å². The molecule has 148 valence electrons. The molecule has 2 aliphatic rings. The Balaban J connectivity index is 1.36. The highest BCUT2D eigenvalue weighted by molar-refractivity contribution is 7.17. The highest BCUT2D eigenvalue weighted by Crippen LogP contribution is 2.32. The van der Waals surface area contributed by atoms with Crippen LogP contribution < -0.4 is 10.6 Å². The number of aliphatic hydroxyl groups is 1. The summed E-state index contributed by atoms with van der Waals surface area (Å²) in [5, 5.41) is 23.3. The molecule has 0 atom stereocenters. The predicted molar refractivity (Wildman–Crippen MR) is 112 cm³/mol. The Hall–Kier alpha value is -2.19. The molecule has 5 rings (SSSR count). The third-order valence-electron chi connectivity index (χ3n) is 5.90. The molecule has 2 fully saturated rings. The topological polar surface area (TPSA) is 87.9 Å². The fourth-order valence-corrected chi connectivity index (χ4v) is 5.11. The lowest BCUT2D eigenvalue weighted by Gasteiger charge is -2.26. The van der Waals surface area contributed by atoms with Crippen molar-refractivity contribution < 1.29 is 5.11 Å². The number of nitrogens with one attached hydrogen (secondary N) is 2. The van der Waals surface area contributed by atoms with Crippen molar-refractivity contribution in [2.75, 3.05) is 10.6 Å². The third kappa shape index (κ3) is 3.71. The van der Waals surface area contributed by atoms with Gasteiger partial charge in [-0.15, -0.1) is 11.3 Å². The number of anilines is 3. The number of fused-ring (bicyclic) bond motifs is 1. The van der Waals surface area contributed by atoms with Crippen molar-refractivity contribution in [1.29, 1.82) is 0 Å². The second kappa shape index (κ2) is 7.67. The lowest BCUT2D eigenvalue weighted by Crippen LogP contribution is -2.28. The summed E-state index contributed by atoms with van der Waals surface area (Å²) in [7, 11) is 0. The average molecular weight is 399 g/mol. The minimum absolute atomic E-state index is 0.154. The number of thiophene rings is 1. The Bertz CT molecular complexity index is 939. The van der Waals surface area contributed by atoms with E-state index in [1.165, 1.54) is 25.7 Å². The van der Waals surface area contributed by atoms with Gasteiger partial charge in [0.15, 0.2) is 0 Å². The fourth-order valence-electron chi connectivity index (χ4n) is 4.33. The second-order valence-corrected chi connectivity index (χ2v) is 8.87. The van der Waals surface area contributed by atoms with Crippen molar-refractivity contribution in [3.63, 3.8) is 0 Å². The van der Waals surface area contributed by atoms with E-state index in [9.17, 15) is 5.11 Å². The van der Waals surface area contributed by atoms with E-state index < -0.39 is 0 Å². The van der Waals surface area contributed by atoms with Gasteiger partial charge >= 0.3 is 0 Å². The Morgan fingerprint density at radius 3 is 2.71 bits per heavy atom. The number of aromatic nitrogens is 4. The van der Waals surface area contributed by atoms with Gasteiger partial charge in [-0.25, -0.2) is 4.98 Å². The lowest BCUT2D eigenvalue weighted by molar-refractivity contribution is 0.126. The van der Waals surface area contributed by atoms with Crippen molar-refractivity contribution >= 4 is 39.0 Å². The van der Waals surface area contributed by atoms with E-state index in [1.807, 2.05) is 12.3 Å². The Morgan fingerprint density at radius 1 is 1.07 bits per heavy atom. The fraction of sp³-hybridized carbons (Fsp3) is 0.550. The van der Waals surface area contributed by atoms with Crippen LogP contribution in [0, 0.1) is 0 Å². The zero-order chi connectivity index (χ0) is 18.9. The maximum absolute atomic E-state index is 9.75. The number of hydrogen-bond donors (Lipinski definition) is 3. The molecule has 3 heterocycles. The summed E-state index contributed by atoms with van der Waals surface area (Å²) in [6.07, 6.45) is 12.4. The molecular formula is C20H26N6OS. The van der Waals surface area contributed by atoms with Crippen molar-refractivity contribution in [2.24, 2.45) is 0 Å². The summed E-state index contributed by atoms with van der Waals surface area (Å²) < 4.78 is 3.16. The zero-order valence-corrected chi connectivity index (χ0v) is 16.7. The largest absolute Gasteiger partial charge is 0.393 e. The van der Waals surface area contributed by atoms with Crippen LogP contribution in [0.4, 0.5) is 17.5 Å². The zero-order valence-electron chi connectivity index (χ0n) is 15.8. The van der Waals surface area contributed by atoms with E-state index in [2.05, 4.69) is 37.0 Å². The van der Waals surface area contributed by atoms with E-state index in [4.69, 9.17) is 4.98 Å². The summed E-state index contributed by atoms with van der Waals surface area (Å²) in [6, 6.07) is 2.90. The molecule has 8 heteroatoms. The summed E-state index contributed by atoms with van der Waals surface area (Å²) in [5.74, 6) is 1.47. The first-order chi connectivity index (χ1) is 13.7. The molecular weight excluding hydrogens is 372 g/mol. The van der Waals surface area contributed by atoms with Crippen LogP contribution in [0.15, 0.2) is 23.8 Å². The van der Waals surface area contributed by atoms with Crippen molar-refractivity contribution in [1.82, 2.24) is 19.7 Å². The third-order valence-corrected chi connectivity index (χ3v) is 6.81. The number of nitrogens with zero attached hydrogens (tertiary/aromatic N) is 4. The minimum atomic E-state index is -0.154. The minimum Gasteiger partial charge on any atom is -0.393 e. The van der Waals surface area contributed by atoms with Crippen molar-refractivity contribution in [3.8, 4) is 0 Å². The van der Waals surface area contributed by atoms with Gasteiger partial charge in [-0.3, -0.25) is 4.68 Å². The standard InChI is InChI=1S/C20H26N6OS/c27-16-7-5-13(6-8-16)22-19-18-17(9-10-28-18)24-20(25-19)23-14-11-21-26(12-14)15-3-1-2-4-15/h9-13,15-16,27H,1-8H2,(H2,22,23,24,25)/t13-,16-. The normalized spacial score (nSPS) is 23.3. The molecule has 2 aliphatic carbocycles. The molecule has 0 bridgehead atoms. The molecule has 0 spiro atoms. The van der Waals surface area contributed by atoms with Crippen molar-refractivity contribution in [3.05, 3.63) is 23.8 Å². The van der Waals surface area contributed by atoms with Gasteiger partial charge in [0.05, 0.1) is 34.2 Å². The molecule has 0 saturated heterocycles. The Morgan fingerprint density at radius 2 is 1.89 bits per heavy atom. The molecule has 0 aliphatic heterocycles. The molecule has 28 heavy (non-hydrogen) atoms. The molecule has 0 unspecified atom stereocenters. The van der Waals surface area contributed by atoms with Crippen LogP contribution in [0.1, 0.15) is 57.4 Å². The van der Waals surface area contributed by atoms with Gasteiger partial charge in [-0.2, -0.15) is 10.1 Å². The molecule has 0 amide bonds. The molecule has 7 nitrogen and oxygen atoms in total. The van der Waals surface area contributed by atoms with Gasteiger partial charge < -0.3 is 15.7 Å². The van der Waals surface area contributed by atoms with E-state index in [1.54, 1.807) is 11.3 Å². The Labute approximate surface area is 168 Å². The highest BCUT2D eigenvalue weighted by Gasteiger charge is 2.21. The number of rotatable bonds is 5. The van der Waals surface area contributed by atoms with Gasteiger partial charge in [0, 0.05) is 12.2 Å². The maximum Gasteiger partial charge on any atom is 0.229 e. The highest BCUT2D eigenvalue weighted by atomic mass is 32.1. The monoisotopic (exact) mass is 398 g/mol. The lowest BCUT2D eigenvalue weighted by atomic mass is 9.93. The van der Waals surface area contributed by atoms with Gasteiger partial charge in [0.2, 0.25) is 5.95 Å². The Kier molecular flexibility index (Phi) is 4.90. The van der Waals surface area contributed by atoms with Gasteiger partial charge in [0.1, 0.15) is 5.82 Å². The first-order valence-electron chi connectivity index (χ1n) is 10.3. The van der Waals surface area contributed by atoms with E-state index in [0.29, 0.717) is 18.0 Å². The first kappa shape index (κ1) is 17.9.